The lowest BCUT2D eigenvalue weighted by Gasteiger charge is -2.41. The van der Waals surface area contributed by atoms with E-state index in [1.807, 2.05) is 0 Å². The van der Waals surface area contributed by atoms with Crippen LogP contribution < -0.4 is 15.5 Å². The zero-order chi connectivity index (χ0) is 37.3. The van der Waals surface area contributed by atoms with Crippen molar-refractivity contribution >= 4 is 52.5 Å². The Hall–Kier alpha value is -5.37. The van der Waals surface area contributed by atoms with Gasteiger partial charge in [-0.15, -0.1) is 0 Å². The molecule has 5 amide bonds. The van der Waals surface area contributed by atoms with E-state index in [9.17, 15) is 50.3 Å². The van der Waals surface area contributed by atoms with Crippen molar-refractivity contribution in [2.45, 2.75) is 56.0 Å². The molecule has 2 N–H and O–H groups in total. The zero-order valence-corrected chi connectivity index (χ0v) is 27.4. The Bertz CT molecular complexity index is 2130. The summed E-state index contributed by atoms with van der Waals surface area (Å²) in [6, 6.07) is 5.68. The predicted molar refractivity (Wildman–Crippen MR) is 170 cm³/mol. The number of carbonyl (C=O) groups is 5. The minimum atomic E-state index is -4.98. The minimum Gasteiger partial charge on any atom is -0.369 e. The van der Waals surface area contributed by atoms with Crippen molar-refractivity contribution in [2.75, 3.05) is 23.3 Å². The van der Waals surface area contributed by atoms with Crippen LogP contribution in [0.3, 0.4) is 0 Å². The molecule has 3 aromatic rings. The number of aromatic nitrogens is 2. The first-order valence-corrected chi connectivity index (χ1v) is 16.3. The van der Waals surface area contributed by atoms with Gasteiger partial charge in [0.1, 0.15) is 11.6 Å². The van der Waals surface area contributed by atoms with Crippen LogP contribution in [0, 0.1) is 17.8 Å². The molecule has 52 heavy (non-hydrogen) atoms. The molecule has 1 aliphatic carbocycles. The summed E-state index contributed by atoms with van der Waals surface area (Å²) in [5.41, 5.74) is -4.02. The van der Waals surface area contributed by atoms with Crippen LogP contribution in [-0.2, 0) is 32.3 Å². The van der Waals surface area contributed by atoms with Gasteiger partial charge in [0.15, 0.2) is 5.69 Å². The van der Waals surface area contributed by atoms with Crippen molar-refractivity contribution in [1.29, 1.82) is 0 Å². The highest BCUT2D eigenvalue weighted by Crippen LogP contribution is 2.45. The Labute approximate surface area is 295 Å². The number of amides is 5. The molecule has 11 nitrogen and oxygen atoms in total. The van der Waals surface area contributed by atoms with E-state index < -0.39 is 81.2 Å². The molecule has 18 heteroatoms. The highest BCUT2D eigenvalue weighted by Gasteiger charge is 2.52. The van der Waals surface area contributed by atoms with Gasteiger partial charge in [0.25, 0.3) is 17.7 Å². The Kier molecular flexibility index (Phi) is 8.36. The molecule has 3 fully saturated rings. The van der Waals surface area contributed by atoms with E-state index in [1.165, 1.54) is 12.1 Å². The predicted octanol–water partition coefficient (Wildman–Crippen LogP) is 4.98. The molecule has 270 valence electrons. The van der Waals surface area contributed by atoms with Crippen molar-refractivity contribution in [3.05, 3.63) is 75.6 Å². The Morgan fingerprint density at radius 1 is 0.962 bits per heavy atom. The number of nitrogens with one attached hydrogen (secondary N) is 2. The van der Waals surface area contributed by atoms with Crippen LogP contribution in [0.4, 0.5) is 37.7 Å². The summed E-state index contributed by atoms with van der Waals surface area (Å²) in [6.07, 6.45) is -8.41. The van der Waals surface area contributed by atoms with Gasteiger partial charge in [0.05, 0.1) is 45.1 Å². The second-order valence-electron chi connectivity index (χ2n) is 12.9. The van der Waals surface area contributed by atoms with Gasteiger partial charge in [-0.2, -0.15) is 31.4 Å². The second kappa shape index (κ2) is 12.4. The standard InChI is InChI=1S/C34H25ClF6N6O5/c35-23-12-19(33(36,37)38)4-7-24(23)43-31(52)32(10-1-11-32)47-27(34(39,40)41)18(14-42-47)3-2-17-15-45(16-17)20-5-6-21-22(13-20)30(51)46(29(21)50)25-8-9-26(48)44-28(25)49/h4-7,12-14,17,25H,1,8-11,15-16H2,(H,43,52)(H,44,48,49). The van der Waals surface area contributed by atoms with E-state index in [0.717, 1.165) is 17.2 Å². The number of nitrogens with zero attached hydrogens (tertiary/aromatic N) is 4. The molecule has 7 rings (SSSR count). The fraction of sp³-hybridized carbons (Fsp3) is 0.353. The fourth-order valence-electron chi connectivity index (χ4n) is 6.73. The average Bonchev–Trinajstić information content (AvgIpc) is 3.55. The molecule has 0 radical (unpaired) electrons. The molecule has 1 atom stereocenters. The van der Waals surface area contributed by atoms with Crippen molar-refractivity contribution in [1.82, 2.24) is 20.0 Å². The summed E-state index contributed by atoms with van der Waals surface area (Å²) in [7, 11) is 0. The van der Waals surface area contributed by atoms with Crippen LogP contribution >= 0.6 is 11.6 Å². The number of fused-ring (bicyclic) bond motifs is 1. The number of imide groups is 2. The van der Waals surface area contributed by atoms with Gasteiger partial charge in [0, 0.05) is 25.2 Å². The fourth-order valence-corrected chi connectivity index (χ4v) is 6.96. The number of benzene rings is 2. The zero-order valence-electron chi connectivity index (χ0n) is 26.6. The SMILES string of the molecule is O=C1CCC(N2C(=O)c3ccc(N4CC(C#Cc5cnn(C6(C(=O)Nc7ccc(C(F)(F)F)cc7Cl)CCC6)c5C(F)(F)F)C4)cc3C2=O)C(=O)N1. The lowest BCUT2D eigenvalue weighted by Crippen LogP contribution is -2.54. The van der Waals surface area contributed by atoms with Gasteiger partial charge < -0.3 is 10.2 Å². The largest absolute Gasteiger partial charge is 0.434 e. The minimum absolute atomic E-state index is 0.0101. The normalized spacial score (nSPS) is 20.1. The van der Waals surface area contributed by atoms with E-state index in [-0.39, 0.29) is 55.6 Å². The van der Waals surface area contributed by atoms with E-state index in [4.69, 9.17) is 11.6 Å². The van der Waals surface area contributed by atoms with Gasteiger partial charge in [-0.3, -0.25) is 34.2 Å². The molecule has 2 saturated heterocycles. The Morgan fingerprint density at radius 2 is 1.67 bits per heavy atom. The topological polar surface area (TPSA) is 134 Å². The first kappa shape index (κ1) is 35.1. The van der Waals surface area contributed by atoms with Gasteiger partial charge in [-0.1, -0.05) is 23.4 Å². The number of anilines is 2. The van der Waals surface area contributed by atoms with Gasteiger partial charge in [0.2, 0.25) is 11.8 Å². The van der Waals surface area contributed by atoms with Crippen molar-refractivity contribution in [3.63, 3.8) is 0 Å². The first-order chi connectivity index (χ1) is 24.5. The lowest BCUT2D eigenvalue weighted by molar-refractivity contribution is -0.151. The van der Waals surface area contributed by atoms with Crippen molar-refractivity contribution in [3.8, 4) is 11.8 Å². The van der Waals surface area contributed by atoms with Gasteiger partial charge in [-0.05, 0) is 62.1 Å². The molecule has 1 aromatic heterocycles. The summed E-state index contributed by atoms with van der Waals surface area (Å²) in [5, 5.41) is 7.99. The summed E-state index contributed by atoms with van der Waals surface area (Å²) < 4.78 is 83.3. The van der Waals surface area contributed by atoms with E-state index in [2.05, 4.69) is 27.6 Å². The summed E-state index contributed by atoms with van der Waals surface area (Å²) in [6.45, 7) is 0.557. The molecule has 1 saturated carbocycles. The monoisotopic (exact) mass is 746 g/mol. The van der Waals surface area contributed by atoms with Crippen LogP contribution in [0.15, 0.2) is 42.6 Å². The quantitative estimate of drug-likeness (QED) is 0.214. The third-order valence-corrected chi connectivity index (χ3v) is 9.98. The summed E-state index contributed by atoms with van der Waals surface area (Å²) in [4.78, 5) is 66.1. The van der Waals surface area contributed by atoms with Gasteiger partial charge in [-0.25, -0.2) is 4.68 Å². The number of halogens is 7. The number of hydrogen-bond donors (Lipinski definition) is 2. The van der Waals surface area contributed by atoms with Crippen LogP contribution in [-0.4, -0.2) is 63.3 Å². The molecular weight excluding hydrogens is 722 g/mol. The maximum absolute atomic E-state index is 14.5. The van der Waals surface area contributed by atoms with Crippen LogP contribution in [0.1, 0.15) is 69.6 Å². The smallest absolute Gasteiger partial charge is 0.369 e. The van der Waals surface area contributed by atoms with E-state index >= 15 is 0 Å². The molecule has 4 aliphatic rings. The van der Waals surface area contributed by atoms with Crippen LogP contribution in [0.25, 0.3) is 0 Å². The number of carbonyl (C=O) groups excluding carboxylic acids is 5. The number of rotatable bonds is 5. The second-order valence-corrected chi connectivity index (χ2v) is 13.3. The number of hydrogen-bond acceptors (Lipinski definition) is 7. The van der Waals surface area contributed by atoms with Crippen molar-refractivity contribution in [2.24, 2.45) is 5.92 Å². The Balaban J connectivity index is 1.06. The summed E-state index contributed by atoms with van der Waals surface area (Å²) in [5.74, 6) is 1.50. The molecular formula is C34H25ClF6N6O5. The molecule has 3 aliphatic heterocycles. The lowest BCUT2D eigenvalue weighted by atomic mass is 9.75. The number of piperidine rings is 1. The third-order valence-electron chi connectivity index (χ3n) is 9.67. The van der Waals surface area contributed by atoms with Gasteiger partial charge >= 0.3 is 12.4 Å². The molecule has 2 aromatic carbocycles. The van der Waals surface area contributed by atoms with Crippen molar-refractivity contribution < 1.29 is 50.3 Å². The van der Waals surface area contributed by atoms with E-state index in [1.54, 1.807) is 11.0 Å². The highest BCUT2D eigenvalue weighted by molar-refractivity contribution is 6.33. The summed E-state index contributed by atoms with van der Waals surface area (Å²) >= 11 is 5.97. The van der Waals surface area contributed by atoms with Crippen LogP contribution in [0.5, 0.6) is 0 Å². The average molecular weight is 747 g/mol. The molecule has 1 unspecified atom stereocenters. The van der Waals surface area contributed by atoms with Crippen LogP contribution in [0.2, 0.25) is 5.02 Å². The third kappa shape index (κ3) is 5.94. The first-order valence-electron chi connectivity index (χ1n) is 15.9. The molecule has 0 bridgehead atoms. The molecule has 4 heterocycles. The van der Waals surface area contributed by atoms with E-state index in [0.29, 0.717) is 28.9 Å². The maximum Gasteiger partial charge on any atom is 0.434 e. The maximum atomic E-state index is 14.5. The Morgan fingerprint density at radius 3 is 2.29 bits per heavy atom. The highest BCUT2D eigenvalue weighted by atomic mass is 35.5. The number of alkyl halides is 6. The molecule has 0 spiro atoms.